The maximum absolute atomic E-state index is 12.8. The van der Waals surface area contributed by atoms with E-state index in [-0.39, 0.29) is 6.42 Å². The third-order valence-electron chi connectivity index (χ3n) is 5.56. The summed E-state index contributed by atoms with van der Waals surface area (Å²) in [7, 11) is 1.22. The summed E-state index contributed by atoms with van der Waals surface area (Å²) < 4.78 is 15.3. The molecule has 0 bridgehead atoms. The summed E-state index contributed by atoms with van der Waals surface area (Å²) in [6.07, 6.45) is -1.12. The fourth-order valence-corrected chi connectivity index (χ4v) is 3.70. The van der Waals surface area contributed by atoms with Gasteiger partial charge in [0.25, 0.3) is 0 Å². The van der Waals surface area contributed by atoms with Crippen molar-refractivity contribution in [3.63, 3.8) is 0 Å². The minimum Gasteiger partial charge on any atom is -0.469 e. The highest BCUT2D eigenvalue weighted by atomic mass is 16.6. The van der Waals surface area contributed by atoms with E-state index >= 15 is 0 Å². The lowest BCUT2D eigenvalue weighted by atomic mass is 10.0. The molecule has 9 heteroatoms. The number of carbonyl (C=O) groups is 3. The monoisotopic (exact) mass is 497 g/mol. The van der Waals surface area contributed by atoms with Crippen molar-refractivity contribution in [1.29, 1.82) is 0 Å². The third kappa shape index (κ3) is 8.66. The Bertz CT molecular complexity index is 1020. The second-order valence-electron chi connectivity index (χ2n) is 9.63. The molecule has 1 aliphatic heterocycles. The molecule has 0 saturated carbocycles. The van der Waals surface area contributed by atoms with Gasteiger partial charge >= 0.3 is 12.1 Å². The summed E-state index contributed by atoms with van der Waals surface area (Å²) >= 11 is 0. The predicted molar refractivity (Wildman–Crippen MR) is 136 cm³/mol. The summed E-state index contributed by atoms with van der Waals surface area (Å²) in [5, 5.41) is 5.19. The number of hydrogen-bond donors (Lipinski definition) is 2. The highest BCUT2D eigenvalue weighted by molar-refractivity contribution is 5.98. The zero-order valence-electron chi connectivity index (χ0n) is 21.3. The van der Waals surface area contributed by atoms with Crippen molar-refractivity contribution in [3.8, 4) is 11.1 Å². The van der Waals surface area contributed by atoms with Crippen LogP contribution in [0.25, 0.3) is 11.1 Å². The average Bonchev–Trinajstić information content (AvgIpc) is 2.84. The summed E-state index contributed by atoms with van der Waals surface area (Å²) in [5.41, 5.74) is 3.11. The normalized spacial score (nSPS) is 15.0. The van der Waals surface area contributed by atoms with Gasteiger partial charge in [-0.3, -0.25) is 14.5 Å². The number of methoxy groups -OCH3 is 1. The zero-order chi connectivity index (χ0) is 26.1. The van der Waals surface area contributed by atoms with Crippen LogP contribution in [0.3, 0.4) is 0 Å². The van der Waals surface area contributed by atoms with Gasteiger partial charge in [0.2, 0.25) is 5.91 Å². The Kier molecular flexibility index (Phi) is 9.44. The standard InChI is InChI=1S/C27H35N3O6/c1-27(2,3)36-26(33)29-23(17-24(31)34-4)25(32)28-22-11-9-21(10-12-22)20-7-5-19(6-8-20)18-30-13-15-35-16-14-30/h5-12,23H,13-18H2,1-4H3,(H,28,32)(H,29,33). The Hall–Kier alpha value is -3.43. The van der Waals surface area contributed by atoms with Crippen molar-refractivity contribution in [2.45, 2.75) is 45.4 Å². The van der Waals surface area contributed by atoms with Gasteiger partial charge in [-0.05, 0) is 49.6 Å². The first-order chi connectivity index (χ1) is 17.1. The van der Waals surface area contributed by atoms with E-state index in [4.69, 9.17) is 9.47 Å². The van der Waals surface area contributed by atoms with Gasteiger partial charge in [-0.2, -0.15) is 0 Å². The minimum absolute atomic E-state index is 0.323. The number of benzene rings is 2. The maximum atomic E-state index is 12.8. The molecule has 1 aliphatic rings. The molecule has 1 atom stereocenters. The van der Waals surface area contributed by atoms with Crippen LogP contribution in [0.15, 0.2) is 48.5 Å². The number of esters is 1. The SMILES string of the molecule is COC(=O)CC(NC(=O)OC(C)(C)C)C(=O)Nc1ccc(-c2ccc(CN3CCOCC3)cc2)cc1. The molecule has 0 aliphatic carbocycles. The summed E-state index contributed by atoms with van der Waals surface area (Å²) in [4.78, 5) is 39.1. The quantitative estimate of drug-likeness (QED) is 0.537. The van der Waals surface area contributed by atoms with Crippen molar-refractivity contribution < 1.29 is 28.6 Å². The molecule has 2 aromatic carbocycles. The number of ether oxygens (including phenoxy) is 3. The van der Waals surface area contributed by atoms with E-state index in [0.717, 1.165) is 44.0 Å². The van der Waals surface area contributed by atoms with E-state index in [1.54, 1.807) is 32.9 Å². The zero-order valence-corrected chi connectivity index (χ0v) is 21.3. The second-order valence-corrected chi connectivity index (χ2v) is 9.63. The molecule has 0 aromatic heterocycles. The van der Waals surface area contributed by atoms with Crippen LogP contribution >= 0.6 is 0 Å². The van der Waals surface area contributed by atoms with Crippen LogP contribution in [0, 0.1) is 0 Å². The molecule has 1 heterocycles. The van der Waals surface area contributed by atoms with E-state index in [0.29, 0.717) is 5.69 Å². The predicted octanol–water partition coefficient (Wildman–Crippen LogP) is 3.58. The Morgan fingerprint density at radius 3 is 2.11 bits per heavy atom. The minimum atomic E-state index is -1.15. The molecule has 9 nitrogen and oxygen atoms in total. The average molecular weight is 498 g/mol. The number of morpholine rings is 1. The Morgan fingerprint density at radius 2 is 1.56 bits per heavy atom. The number of alkyl carbamates (subject to hydrolysis) is 1. The Labute approximate surface area is 212 Å². The summed E-state index contributed by atoms with van der Waals surface area (Å²) in [6, 6.07) is 14.6. The van der Waals surface area contributed by atoms with Crippen molar-refractivity contribution in [1.82, 2.24) is 10.2 Å². The Morgan fingerprint density at radius 1 is 0.972 bits per heavy atom. The lowest BCUT2D eigenvalue weighted by Crippen LogP contribution is -2.47. The fourth-order valence-electron chi connectivity index (χ4n) is 3.70. The first kappa shape index (κ1) is 27.2. The van der Waals surface area contributed by atoms with E-state index < -0.39 is 29.6 Å². The first-order valence-corrected chi connectivity index (χ1v) is 12.0. The molecule has 1 saturated heterocycles. The van der Waals surface area contributed by atoms with Crippen molar-refractivity contribution in [2.75, 3.05) is 38.7 Å². The van der Waals surface area contributed by atoms with Crippen LogP contribution in [0.1, 0.15) is 32.8 Å². The van der Waals surface area contributed by atoms with Gasteiger partial charge in [0, 0.05) is 25.3 Å². The van der Waals surface area contributed by atoms with E-state index in [1.165, 1.54) is 12.7 Å². The molecule has 2 amide bonds. The van der Waals surface area contributed by atoms with Crippen LogP contribution in [0.2, 0.25) is 0 Å². The topological polar surface area (TPSA) is 106 Å². The van der Waals surface area contributed by atoms with Gasteiger partial charge in [-0.25, -0.2) is 4.79 Å². The fraction of sp³-hybridized carbons (Fsp3) is 0.444. The van der Waals surface area contributed by atoms with Crippen LogP contribution in [-0.4, -0.2) is 67.9 Å². The maximum Gasteiger partial charge on any atom is 0.408 e. The van der Waals surface area contributed by atoms with Gasteiger partial charge < -0.3 is 24.8 Å². The Balaban J connectivity index is 1.61. The molecule has 2 aromatic rings. The molecular weight excluding hydrogens is 462 g/mol. The second kappa shape index (κ2) is 12.5. The molecule has 36 heavy (non-hydrogen) atoms. The molecule has 1 fully saturated rings. The molecule has 3 rings (SSSR count). The van der Waals surface area contributed by atoms with Gasteiger partial charge in [0.05, 0.1) is 26.7 Å². The number of anilines is 1. The van der Waals surface area contributed by atoms with Crippen LogP contribution < -0.4 is 10.6 Å². The molecule has 0 radical (unpaired) electrons. The van der Waals surface area contributed by atoms with E-state index in [1.807, 2.05) is 12.1 Å². The van der Waals surface area contributed by atoms with Crippen molar-refractivity contribution in [2.24, 2.45) is 0 Å². The van der Waals surface area contributed by atoms with Gasteiger partial charge in [-0.15, -0.1) is 0 Å². The number of amides is 2. The first-order valence-electron chi connectivity index (χ1n) is 12.0. The number of nitrogens with one attached hydrogen (secondary N) is 2. The number of carbonyl (C=O) groups excluding carboxylic acids is 3. The van der Waals surface area contributed by atoms with Gasteiger partial charge in [-0.1, -0.05) is 36.4 Å². The highest BCUT2D eigenvalue weighted by Gasteiger charge is 2.27. The van der Waals surface area contributed by atoms with Crippen LogP contribution in [-0.2, 0) is 30.3 Å². The van der Waals surface area contributed by atoms with Crippen molar-refractivity contribution >= 4 is 23.7 Å². The smallest absolute Gasteiger partial charge is 0.408 e. The lowest BCUT2D eigenvalue weighted by molar-refractivity contribution is -0.142. The van der Waals surface area contributed by atoms with E-state index in [9.17, 15) is 14.4 Å². The number of nitrogens with zero attached hydrogens (tertiary/aromatic N) is 1. The van der Waals surface area contributed by atoms with Crippen LogP contribution in [0.5, 0.6) is 0 Å². The molecule has 2 N–H and O–H groups in total. The molecular formula is C27H35N3O6. The number of rotatable bonds is 8. The highest BCUT2D eigenvalue weighted by Crippen LogP contribution is 2.23. The molecule has 194 valence electrons. The lowest BCUT2D eigenvalue weighted by Gasteiger charge is -2.26. The third-order valence-corrected chi connectivity index (χ3v) is 5.56. The molecule has 0 spiro atoms. The van der Waals surface area contributed by atoms with Crippen LogP contribution in [0.4, 0.5) is 10.5 Å². The van der Waals surface area contributed by atoms with E-state index in [2.05, 4.69) is 44.5 Å². The summed E-state index contributed by atoms with van der Waals surface area (Å²) in [6.45, 7) is 9.48. The van der Waals surface area contributed by atoms with Gasteiger partial charge in [0.15, 0.2) is 0 Å². The van der Waals surface area contributed by atoms with Crippen molar-refractivity contribution in [3.05, 3.63) is 54.1 Å². The van der Waals surface area contributed by atoms with Gasteiger partial charge in [0.1, 0.15) is 11.6 Å². The largest absolute Gasteiger partial charge is 0.469 e. The molecule has 1 unspecified atom stereocenters. The number of hydrogen-bond acceptors (Lipinski definition) is 7. The summed E-state index contributed by atoms with van der Waals surface area (Å²) in [5.74, 6) is -1.18.